The van der Waals surface area contributed by atoms with Gasteiger partial charge in [-0.05, 0) is 31.0 Å². The molecule has 1 saturated carbocycles. The molecule has 2 rings (SSSR count). The smallest absolute Gasteiger partial charge is 0.380 e. The topological polar surface area (TPSA) is 78.2 Å². The molecule has 5 nitrogen and oxygen atoms in total. The number of hydrogen-bond acceptors (Lipinski definition) is 5. The molecule has 140 valence electrons. The molecule has 0 heterocycles. The minimum absolute atomic E-state index is 0.0136. The lowest BCUT2D eigenvalue weighted by molar-refractivity contribution is -0.137. The van der Waals surface area contributed by atoms with Crippen LogP contribution >= 0.6 is 0 Å². The first-order valence-corrected chi connectivity index (χ1v) is 9.54. The predicted molar refractivity (Wildman–Crippen MR) is 87.9 cm³/mol. The number of alkyl halides is 3. The fourth-order valence-electron chi connectivity index (χ4n) is 2.70. The van der Waals surface area contributed by atoms with Crippen LogP contribution in [0.2, 0.25) is 0 Å². The SMILES string of the molecule is CN(C)C(=C(C#N)C(=O)c1ccc(C(F)(F)F)cc1S(C)(=O)=O)C1CC1. The average Bonchev–Trinajstić information content (AvgIpc) is 3.33. The van der Waals surface area contributed by atoms with Crippen molar-refractivity contribution < 1.29 is 26.4 Å². The van der Waals surface area contributed by atoms with Gasteiger partial charge in [-0.2, -0.15) is 18.4 Å². The Hall–Kier alpha value is -2.34. The second-order valence-corrected chi connectivity index (χ2v) is 8.33. The highest BCUT2D eigenvalue weighted by atomic mass is 32.2. The standard InChI is InChI=1S/C17H17F3N2O3S/c1-22(2)15(10-4-5-10)13(9-21)16(23)12-7-6-11(17(18,19)20)8-14(12)26(3,24)25/h6-8,10H,4-5H2,1-3H3. The van der Waals surface area contributed by atoms with Crippen LogP contribution in [0.3, 0.4) is 0 Å². The van der Waals surface area contributed by atoms with Crippen LogP contribution in [0.15, 0.2) is 34.4 Å². The van der Waals surface area contributed by atoms with E-state index in [2.05, 4.69) is 0 Å². The van der Waals surface area contributed by atoms with Crippen molar-refractivity contribution in [3.63, 3.8) is 0 Å². The molecule has 0 saturated heterocycles. The lowest BCUT2D eigenvalue weighted by Gasteiger charge is -2.19. The van der Waals surface area contributed by atoms with Gasteiger partial charge in [0.15, 0.2) is 9.84 Å². The summed E-state index contributed by atoms with van der Waals surface area (Å²) in [7, 11) is -0.810. The molecule has 0 unspecified atom stereocenters. The van der Waals surface area contributed by atoms with Crippen LogP contribution in [0.1, 0.15) is 28.8 Å². The molecule has 0 amide bonds. The molecule has 1 fully saturated rings. The summed E-state index contributed by atoms with van der Waals surface area (Å²) < 4.78 is 62.7. The number of benzene rings is 1. The number of allylic oxidation sites excluding steroid dienone is 2. The monoisotopic (exact) mass is 386 g/mol. The molecule has 0 N–H and O–H groups in total. The van der Waals surface area contributed by atoms with Crippen molar-refractivity contribution in [1.29, 1.82) is 5.26 Å². The summed E-state index contributed by atoms with van der Waals surface area (Å²) in [5, 5.41) is 9.45. The summed E-state index contributed by atoms with van der Waals surface area (Å²) in [5.41, 5.74) is -1.39. The number of nitriles is 1. The van der Waals surface area contributed by atoms with Crippen molar-refractivity contribution in [1.82, 2.24) is 4.90 Å². The summed E-state index contributed by atoms with van der Waals surface area (Å²) in [6.45, 7) is 0. The summed E-state index contributed by atoms with van der Waals surface area (Å²) in [4.78, 5) is 13.7. The van der Waals surface area contributed by atoms with Crippen LogP contribution in [-0.2, 0) is 16.0 Å². The highest BCUT2D eigenvalue weighted by Gasteiger charge is 2.36. The Morgan fingerprint density at radius 3 is 2.23 bits per heavy atom. The van der Waals surface area contributed by atoms with Gasteiger partial charge in [0, 0.05) is 37.5 Å². The molecule has 0 aromatic heterocycles. The van der Waals surface area contributed by atoms with Crippen LogP contribution in [0.25, 0.3) is 0 Å². The van der Waals surface area contributed by atoms with Gasteiger partial charge in [-0.25, -0.2) is 8.42 Å². The Balaban J connectivity index is 2.69. The summed E-state index contributed by atoms with van der Waals surface area (Å²) in [6.07, 6.45) is -2.45. The number of nitrogens with zero attached hydrogens (tertiary/aromatic N) is 2. The Bertz CT molecular complexity index is 918. The maximum absolute atomic E-state index is 12.9. The molecule has 0 bridgehead atoms. The summed E-state index contributed by atoms with van der Waals surface area (Å²) >= 11 is 0. The minimum atomic E-state index is -4.75. The predicted octanol–water partition coefficient (Wildman–Crippen LogP) is 3.04. The van der Waals surface area contributed by atoms with E-state index in [9.17, 15) is 31.6 Å². The van der Waals surface area contributed by atoms with E-state index in [1.807, 2.05) is 0 Å². The lowest BCUT2D eigenvalue weighted by atomic mass is 9.99. The minimum Gasteiger partial charge on any atom is -0.380 e. The summed E-state index contributed by atoms with van der Waals surface area (Å²) in [6, 6.07) is 3.69. The molecule has 0 radical (unpaired) electrons. The number of Topliss-reactive ketones (excluding diaryl/α,β-unsaturated/α-hetero) is 1. The van der Waals surface area contributed by atoms with Gasteiger partial charge in [0.2, 0.25) is 5.78 Å². The normalized spacial score (nSPS) is 15.9. The van der Waals surface area contributed by atoms with Crippen molar-refractivity contribution in [2.75, 3.05) is 20.4 Å². The van der Waals surface area contributed by atoms with Crippen molar-refractivity contribution in [2.24, 2.45) is 5.92 Å². The number of sulfone groups is 1. The maximum atomic E-state index is 12.9. The number of ketones is 1. The molecule has 26 heavy (non-hydrogen) atoms. The number of hydrogen-bond donors (Lipinski definition) is 0. The van der Waals surface area contributed by atoms with Crippen molar-refractivity contribution in [3.8, 4) is 6.07 Å². The van der Waals surface area contributed by atoms with E-state index in [1.165, 1.54) is 0 Å². The number of carbonyl (C=O) groups is 1. The van der Waals surface area contributed by atoms with E-state index < -0.39 is 37.8 Å². The van der Waals surface area contributed by atoms with Crippen LogP contribution in [0.5, 0.6) is 0 Å². The maximum Gasteiger partial charge on any atom is 0.416 e. The van der Waals surface area contributed by atoms with Gasteiger partial charge in [-0.1, -0.05) is 0 Å². The van der Waals surface area contributed by atoms with Gasteiger partial charge in [0.1, 0.15) is 11.6 Å². The van der Waals surface area contributed by atoms with E-state index in [0.29, 0.717) is 17.8 Å². The highest BCUT2D eigenvalue weighted by Crippen LogP contribution is 2.40. The zero-order valence-electron chi connectivity index (χ0n) is 14.4. The molecule has 1 aliphatic rings. The largest absolute Gasteiger partial charge is 0.416 e. The number of halogens is 3. The van der Waals surface area contributed by atoms with Crippen LogP contribution < -0.4 is 0 Å². The van der Waals surface area contributed by atoms with Gasteiger partial charge < -0.3 is 4.90 Å². The van der Waals surface area contributed by atoms with E-state index >= 15 is 0 Å². The van der Waals surface area contributed by atoms with Gasteiger partial charge in [0.05, 0.1) is 10.5 Å². The third kappa shape index (κ3) is 4.07. The fourth-order valence-corrected chi connectivity index (χ4v) is 3.60. The number of rotatable bonds is 5. The zero-order chi connectivity index (χ0) is 19.9. The van der Waals surface area contributed by atoms with Gasteiger partial charge in [-0.15, -0.1) is 0 Å². The summed E-state index contributed by atoms with van der Waals surface area (Å²) in [5.74, 6) is -0.878. The third-order valence-electron chi connectivity index (χ3n) is 3.99. The van der Waals surface area contributed by atoms with Crippen molar-refractivity contribution >= 4 is 15.6 Å². The molecular formula is C17H17F3N2O3S. The molecule has 1 aromatic carbocycles. The molecule has 0 aliphatic heterocycles. The van der Waals surface area contributed by atoms with Crippen molar-refractivity contribution in [3.05, 3.63) is 40.6 Å². The zero-order valence-corrected chi connectivity index (χ0v) is 15.2. The van der Waals surface area contributed by atoms with E-state index in [1.54, 1.807) is 25.1 Å². The van der Waals surface area contributed by atoms with E-state index in [4.69, 9.17) is 0 Å². The Kier molecular flexibility index (Phi) is 5.19. The molecule has 1 aromatic rings. The second kappa shape index (κ2) is 6.76. The quantitative estimate of drug-likeness (QED) is 0.442. The van der Waals surface area contributed by atoms with Crippen molar-refractivity contribution in [2.45, 2.75) is 23.9 Å². The van der Waals surface area contributed by atoms with Crippen LogP contribution in [0.4, 0.5) is 13.2 Å². The molecule has 0 atom stereocenters. The first-order chi connectivity index (χ1) is 11.9. The Labute approximate surface area is 149 Å². The lowest BCUT2D eigenvalue weighted by Crippen LogP contribution is -2.20. The van der Waals surface area contributed by atoms with E-state index in [0.717, 1.165) is 25.2 Å². The fraction of sp³-hybridized carbons (Fsp3) is 0.412. The Morgan fingerprint density at radius 1 is 1.27 bits per heavy atom. The highest BCUT2D eigenvalue weighted by molar-refractivity contribution is 7.90. The van der Waals surface area contributed by atoms with Crippen LogP contribution in [0, 0.1) is 17.2 Å². The molecule has 0 spiro atoms. The first kappa shape index (κ1) is 20.0. The van der Waals surface area contributed by atoms with Gasteiger partial charge in [-0.3, -0.25) is 4.79 Å². The number of carbonyl (C=O) groups excluding carboxylic acids is 1. The van der Waals surface area contributed by atoms with Gasteiger partial charge in [0.25, 0.3) is 0 Å². The Morgan fingerprint density at radius 2 is 1.85 bits per heavy atom. The molecule has 1 aliphatic carbocycles. The van der Waals surface area contributed by atoms with Gasteiger partial charge >= 0.3 is 6.18 Å². The first-order valence-electron chi connectivity index (χ1n) is 7.65. The van der Waals surface area contributed by atoms with E-state index in [-0.39, 0.29) is 11.5 Å². The molecular weight excluding hydrogens is 369 g/mol. The van der Waals surface area contributed by atoms with Crippen LogP contribution in [-0.4, -0.2) is 39.5 Å². The third-order valence-corrected chi connectivity index (χ3v) is 5.13. The second-order valence-electron chi connectivity index (χ2n) is 6.35. The average molecular weight is 386 g/mol. The molecule has 9 heteroatoms.